The van der Waals surface area contributed by atoms with Crippen LogP contribution in [-0.4, -0.2) is 74.0 Å². The van der Waals surface area contributed by atoms with Gasteiger partial charge in [0.05, 0.1) is 23.2 Å². The zero-order chi connectivity index (χ0) is 28.0. The van der Waals surface area contributed by atoms with Crippen LogP contribution in [0.4, 0.5) is 0 Å². The number of para-hydroxylation sites is 1. The van der Waals surface area contributed by atoms with Crippen LogP contribution in [-0.2, 0) is 16.6 Å². The van der Waals surface area contributed by atoms with Gasteiger partial charge in [0.1, 0.15) is 5.75 Å². The van der Waals surface area contributed by atoms with Crippen molar-refractivity contribution in [1.29, 1.82) is 0 Å². The smallest absolute Gasteiger partial charge is 0.154 e. The Bertz CT molecular complexity index is 1130. The number of ether oxygens (including phenoxy) is 1. The molecule has 1 saturated carbocycles. The summed E-state index contributed by atoms with van der Waals surface area (Å²) in [6.07, 6.45) is 11.1. The van der Waals surface area contributed by atoms with Gasteiger partial charge in [0.25, 0.3) is 0 Å². The molecule has 3 fully saturated rings. The second-order valence-electron chi connectivity index (χ2n) is 12.1. The van der Waals surface area contributed by atoms with Gasteiger partial charge < -0.3 is 15.0 Å². The summed E-state index contributed by atoms with van der Waals surface area (Å²) in [5, 5.41) is 4.77. The normalized spacial score (nSPS) is 25.4. The number of hydrogen-bond donors (Lipinski definition) is 1. The fraction of sp³-hybridized carbons (Fsp3) is 0.606. The molecule has 2 heterocycles. The third-order valence-electron chi connectivity index (χ3n) is 9.70. The van der Waals surface area contributed by atoms with Crippen molar-refractivity contribution in [3.8, 4) is 5.75 Å². The minimum Gasteiger partial charge on any atom is -0.496 e. The predicted octanol–water partition coefficient (Wildman–Crippen LogP) is 6.53. The zero-order valence-electron chi connectivity index (χ0n) is 24.0. The van der Waals surface area contributed by atoms with E-state index in [1.165, 1.54) is 50.8 Å². The van der Waals surface area contributed by atoms with Crippen molar-refractivity contribution in [2.24, 2.45) is 0 Å². The topological polar surface area (TPSA) is 44.8 Å². The third-order valence-corrected chi connectivity index (χ3v) is 10.4. The Labute approximate surface area is 250 Å². The van der Waals surface area contributed by atoms with Gasteiger partial charge >= 0.3 is 0 Å². The minimum atomic E-state index is -0.218. The third kappa shape index (κ3) is 7.22. The van der Waals surface area contributed by atoms with E-state index in [1.54, 1.807) is 7.11 Å². The molecule has 0 aromatic heterocycles. The number of benzene rings is 2. The highest BCUT2D eigenvalue weighted by Crippen LogP contribution is 2.42. The summed E-state index contributed by atoms with van der Waals surface area (Å²) >= 11 is 12.9. The molecule has 3 aliphatic rings. The SMILES string of the molecule is COc1ccccc1CC(=O)C1CC(CCN2CCN(C3CCCCC3)CC2)(c2ccc(Cl)c(Cl)c2)CCCN1. The predicted molar refractivity (Wildman–Crippen MR) is 165 cm³/mol. The molecule has 0 bridgehead atoms. The molecule has 218 valence electrons. The van der Waals surface area contributed by atoms with Gasteiger partial charge in [0.2, 0.25) is 0 Å². The lowest BCUT2D eigenvalue weighted by Crippen LogP contribution is -2.51. The largest absolute Gasteiger partial charge is 0.496 e. The maximum atomic E-state index is 13.7. The molecule has 5 rings (SSSR count). The molecule has 2 aromatic rings. The summed E-state index contributed by atoms with van der Waals surface area (Å²) in [6.45, 7) is 6.47. The van der Waals surface area contributed by atoms with Gasteiger partial charge in [-0.3, -0.25) is 9.69 Å². The maximum Gasteiger partial charge on any atom is 0.154 e. The molecule has 2 unspecified atom stereocenters. The zero-order valence-corrected chi connectivity index (χ0v) is 25.5. The quantitative estimate of drug-likeness (QED) is 0.362. The molecule has 7 heteroatoms. The van der Waals surface area contributed by atoms with Gasteiger partial charge in [-0.1, -0.05) is 66.7 Å². The lowest BCUT2D eigenvalue weighted by atomic mass is 9.70. The van der Waals surface area contributed by atoms with E-state index in [0.717, 1.165) is 69.2 Å². The van der Waals surface area contributed by atoms with E-state index < -0.39 is 0 Å². The first-order chi connectivity index (χ1) is 19.5. The lowest BCUT2D eigenvalue weighted by molar-refractivity contribution is -0.120. The van der Waals surface area contributed by atoms with Gasteiger partial charge in [-0.2, -0.15) is 0 Å². The molecule has 0 amide bonds. The molecular formula is C33H45Cl2N3O2. The molecule has 1 N–H and O–H groups in total. The number of ketones is 1. The van der Waals surface area contributed by atoms with Gasteiger partial charge in [0.15, 0.2) is 5.78 Å². The number of Topliss-reactive ketones (excluding diaryl/α,β-unsaturated/α-hetero) is 1. The molecule has 40 heavy (non-hydrogen) atoms. The van der Waals surface area contributed by atoms with Crippen LogP contribution in [0.3, 0.4) is 0 Å². The number of nitrogens with one attached hydrogen (secondary N) is 1. The Kier molecular flexibility index (Phi) is 10.5. The van der Waals surface area contributed by atoms with Crippen molar-refractivity contribution in [2.45, 2.75) is 81.7 Å². The van der Waals surface area contributed by atoms with E-state index in [0.29, 0.717) is 16.5 Å². The van der Waals surface area contributed by atoms with Gasteiger partial charge in [0, 0.05) is 44.2 Å². The van der Waals surface area contributed by atoms with E-state index in [2.05, 4.69) is 27.2 Å². The Morgan fingerprint density at radius 3 is 2.52 bits per heavy atom. The van der Waals surface area contributed by atoms with E-state index >= 15 is 0 Å². The van der Waals surface area contributed by atoms with Crippen LogP contribution in [0.2, 0.25) is 10.0 Å². The number of rotatable bonds is 9. The number of carbonyl (C=O) groups is 1. The van der Waals surface area contributed by atoms with Gasteiger partial charge in [-0.25, -0.2) is 0 Å². The summed E-state index contributed by atoms with van der Waals surface area (Å²) in [5.74, 6) is 0.990. The van der Waals surface area contributed by atoms with Crippen molar-refractivity contribution < 1.29 is 9.53 Å². The van der Waals surface area contributed by atoms with Crippen LogP contribution in [0.1, 0.15) is 68.9 Å². The molecule has 0 radical (unpaired) electrons. The van der Waals surface area contributed by atoms with Crippen molar-refractivity contribution in [3.63, 3.8) is 0 Å². The van der Waals surface area contributed by atoms with E-state index in [4.69, 9.17) is 27.9 Å². The van der Waals surface area contributed by atoms with Crippen LogP contribution in [0.15, 0.2) is 42.5 Å². The Morgan fingerprint density at radius 2 is 1.77 bits per heavy atom. The maximum absolute atomic E-state index is 13.7. The Morgan fingerprint density at radius 1 is 1.00 bits per heavy atom. The fourth-order valence-electron chi connectivity index (χ4n) is 7.29. The van der Waals surface area contributed by atoms with E-state index in [-0.39, 0.29) is 17.2 Å². The number of nitrogens with zero attached hydrogens (tertiary/aromatic N) is 2. The number of piperazine rings is 1. The summed E-state index contributed by atoms with van der Waals surface area (Å²) in [4.78, 5) is 19.1. The van der Waals surface area contributed by atoms with Crippen LogP contribution in [0.5, 0.6) is 5.75 Å². The fourth-order valence-corrected chi connectivity index (χ4v) is 7.58. The lowest BCUT2D eigenvalue weighted by Gasteiger charge is -2.42. The summed E-state index contributed by atoms with van der Waals surface area (Å²) in [6, 6.07) is 14.5. The average molecular weight is 587 g/mol. The van der Waals surface area contributed by atoms with E-state index in [1.807, 2.05) is 30.3 Å². The highest BCUT2D eigenvalue weighted by Gasteiger charge is 2.39. The number of halogens is 2. The minimum absolute atomic E-state index is 0.140. The first kappa shape index (κ1) is 29.8. The van der Waals surface area contributed by atoms with Crippen molar-refractivity contribution in [1.82, 2.24) is 15.1 Å². The average Bonchev–Trinajstić information content (AvgIpc) is 3.22. The highest BCUT2D eigenvalue weighted by molar-refractivity contribution is 6.42. The molecule has 5 nitrogen and oxygen atoms in total. The number of hydrogen-bond acceptors (Lipinski definition) is 5. The van der Waals surface area contributed by atoms with Crippen LogP contribution < -0.4 is 10.1 Å². The molecule has 0 spiro atoms. The highest BCUT2D eigenvalue weighted by atomic mass is 35.5. The second kappa shape index (κ2) is 14.0. The van der Waals surface area contributed by atoms with Gasteiger partial charge in [-0.05, 0) is 80.8 Å². The standard InChI is InChI=1S/C33H45Cl2N3O2/c1-40-32-11-6-5-8-25(32)22-31(39)30-24-33(14-7-16-36-30,26-12-13-28(34)29(35)23-26)15-17-37-18-20-38(21-19-37)27-9-3-2-4-10-27/h5-6,8,11-13,23,27,30,36H,2-4,7,9-10,14-22,24H2,1H3. The Balaban J connectivity index is 1.31. The first-order valence-electron chi connectivity index (χ1n) is 15.3. The molecule has 2 aromatic carbocycles. The second-order valence-corrected chi connectivity index (χ2v) is 12.9. The monoisotopic (exact) mass is 585 g/mol. The van der Waals surface area contributed by atoms with Crippen LogP contribution >= 0.6 is 23.2 Å². The van der Waals surface area contributed by atoms with Crippen molar-refractivity contribution in [2.75, 3.05) is 46.4 Å². The van der Waals surface area contributed by atoms with Crippen molar-refractivity contribution in [3.05, 3.63) is 63.6 Å². The summed E-state index contributed by atoms with van der Waals surface area (Å²) in [7, 11) is 1.66. The first-order valence-corrected chi connectivity index (χ1v) is 16.0. The molecular weight excluding hydrogens is 541 g/mol. The van der Waals surface area contributed by atoms with Crippen LogP contribution in [0, 0.1) is 0 Å². The summed E-state index contributed by atoms with van der Waals surface area (Å²) in [5.41, 5.74) is 2.01. The van der Waals surface area contributed by atoms with Crippen LogP contribution in [0.25, 0.3) is 0 Å². The van der Waals surface area contributed by atoms with Gasteiger partial charge in [-0.15, -0.1) is 0 Å². The summed E-state index contributed by atoms with van der Waals surface area (Å²) < 4.78 is 5.54. The van der Waals surface area contributed by atoms with E-state index in [9.17, 15) is 4.79 Å². The Hall–Kier alpha value is -1.63. The number of methoxy groups -OCH3 is 1. The number of carbonyl (C=O) groups excluding carboxylic acids is 1. The molecule has 1 aliphatic carbocycles. The van der Waals surface area contributed by atoms with Crippen molar-refractivity contribution >= 4 is 29.0 Å². The molecule has 2 aliphatic heterocycles. The molecule has 2 saturated heterocycles. The molecule has 2 atom stereocenters.